The number of unbranched alkanes of at least 4 members (excludes halogenated alkanes) is 17. The molecular formula is C38H68O4. The molecule has 0 radical (unpaired) electrons. The van der Waals surface area contributed by atoms with Gasteiger partial charge in [0.05, 0.1) is 0 Å². The van der Waals surface area contributed by atoms with E-state index in [0.29, 0.717) is 12.8 Å². The molecule has 0 aromatic heterocycles. The van der Waals surface area contributed by atoms with E-state index >= 15 is 0 Å². The average molecular weight is 589 g/mol. The molecule has 1 N–H and O–H groups in total. The second-order valence-electron chi connectivity index (χ2n) is 12.0. The lowest BCUT2D eigenvalue weighted by atomic mass is 10.0. The molecule has 0 aromatic rings. The number of allylic oxidation sites excluding steroid dienone is 6. The minimum atomic E-state index is -0.670. The van der Waals surface area contributed by atoms with Crippen molar-refractivity contribution in [2.24, 2.45) is 0 Å². The van der Waals surface area contributed by atoms with Crippen LogP contribution in [-0.2, 0) is 14.3 Å². The number of hydrogen-bond donors (Lipinski definition) is 1. The summed E-state index contributed by atoms with van der Waals surface area (Å²) in [7, 11) is 0. The fourth-order valence-corrected chi connectivity index (χ4v) is 5.31. The molecule has 0 heterocycles. The third kappa shape index (κ3) is 32.7. The number of ether oxygens (including phenoxy) is 1. The number of esters is 1. The van der Waals surface area contributed by atoms with Crippen LogP contribution in [0.3, 0.4) is 0 Å². The van der Waals surface area contributed by atoms with E-state index in [9.17, 15) is 9.59 Å². The molecular weight excluding hydrogens is 520 g/mol. The van der Waals surface area contributed by atoms with Crippen molar-refractivity contribution in [3.63, 3.8) is 0 Å². The normalized spacial score (nSPS) is 12.6. The molecule has 0 rings (SSSR count). The van der Waals surface area contributed by atoms with Gasteiger partial charge in [0.15, 0.2) is 0 Å². The fraction of sp³-hybridized carbons (Fsp3) is 0.789. The van der Waals surface area contributed by atoms with Gasteiger partial charge in [0, 0.05) is 12.8 Å². The van der Waals surface area contributed by atoms with E-state index in [1.54, 1.807) is 0 Å². The van der Waals surface area contributed by atoms with E-state index in [0.717, 1.165) is 70.6 Å². The number of carboxylic acids is 1. The Bertz CT molecular complexity index is 679. The van der Waals surface area contributed by atoms with Crippen LogP contribution in [0.1, 0.15) is 187 Å². The van der Waals surface area contributed by atoms with Gasteiger partial charge in [-0.25, -0.2) is 0 Å². The molecule has 0 aliphatic heterocycles. The van der Waals surface area contributed by atoms with Gasteiger partial charge >= 0.3 is 11.9 Å². The van der Waals surface area contributed by atoms with Crippen molar-refractivity contribution in [2.75, 3.05) is 0 Å². The molecule has 0 saturated carbocycles. The molecule has 0 bridgehead atoms. The maximum atomic E-state index is 12.4. The highest BCUT2D eigenvalue weighted by Gasteiger charge is 2.13. The van der Waals surface area contributed by atoms with Crippen molar-refractivity contribution in [2.45, 2.75) is 193 Å². The summed E-state index contributed by atoms with van der Waals surface area (Å²) in [6.45, 7) is 4.34. The first kappa shape index (κ1) is 40.2. The van der Waals surface area contributed by atoms with Crippen LogP contribution in [0.5, 0.6) is 0 Å². The van der Waals surface area contributed by atoms with Crippen molar-refractivity contribution in [1.82, 2.24) is 0 Å². The molecule has 1 unspecified atom stereocenters. The summed E-state index contributed by atoms with van der Waals surface area (Å²) < 4.78 is 5.85. The van der Waals surface area contributed by atoms with Crippen LogP contribution >= 0.6 is 0 Å². The summed E-state index contributed by atoms with van der Waals surface area (Å²) in [6, 6.07) is 0. The summed E-state index contributed by atoms with van der Waals surface area (Å²) in [5.74, 6) is -0.661. The molecule has 4 nitrogen and oxygen atoms in total. The predicted octanol–water partition coefficient (Wildman–Crippen LogP) is 12.2. The highest BCUT2D eigenvalue weighted by molar-refractivity contribution is 5.69. The van der Waals surface area contributed by atoms with Gasteiger partial charge in [0.2, 0.25) is 0 Å². The van der Waals surface area contributed by atoms with Gasteiger partial charge < -0.3 is 9.84 Å². The van der Waals surface area contributed by atoms with E-state index in [-0.39, 0.29) is 12.1 Å². The maximum Gasteiger partial charge on any atom is 0.306 e. The second-order valence-corrected chi connectivity index (χ2v) is 12.0. The molecule has 0 fully saturated rings. The van der Waals surface area contributed by atoms with Crippen molar-refractivity contribution >= 4 is 11.9 Å². The summed E-state index contributed by atoms with van der Waals surface area (Å²) >= 11 is 0. The zero-order chi connectivity index (χ0) is 30.8. The summed E-state index contributed by atoms with van der Waals surface area (Å²) in [4.78, 5) is 22.9. The predicted molar refractivity (Wildman–Crippen MR) is 181 cm³/mol. The van der Waals surface area contributed by atoms with Gasteiger partial charge in [-0.3, -0.25) is 9.59 Å². The highest BCUT2D eigenvalue weighted by Crippen LogP contribution is 2.17. The van der Waals surface area contributed by atoms with Crippen LogP contribution in [0, 0.1) is 0 Å². The summed E-state index contributed by atoms with van der Waals surface area (Å²) in [5.41, 5.74) is 0. The topological polar surface area (TPSA) is 63.6 Å². The zero-order valence-corrected chi connectivity index (χ0v) is 27.8. The van der Waals surface area contributed by atoms with Gasteiger partial charge in [-0.05, 0) is 64.2 Å². The Morgan fingerprint density at radius 2 is 1.00 bits per heavy atom. The average Bonchev–Trinajstić information content (AvgIpc) is 2.97. The number of carbonyl (C=O) groups is 2. The molecule has 1 atom stereocenters. The first-order valence-corrected chi connectivity index (χ1v) is 18.0. The second kappa shape index (κ2) is 33.7. The smallest absolute Gasteiger partial charge is 0.306 e. The SMILES string of the molecule is CC/C=C\C/C=C\C/C=C\CCCCCCCC(=O)OC(CCC)CCCCCCCCCCCCCCCC(=O)O. The third-order valence-electron chi connectivity index (χ3n) is 7.86. The van der Waals surface area contributed by atoms with Crippen LogP contribution in [0.4, 0.5) is 0 Å². The van der Waals surface area contributed by atoms with Gasteiger partial charge in [-0.1, -0.05) is 147 Å². The minimum Gasteiger partial charge on any atom is -0.481 e. The largest absolute Gasteiger partial charge is 0.481 e. The zero-order valence-electron chi connectivity index (χ0n) is 27.8. The van der Waals surface area contributed by atoms with E-state index in [1.165, 1.54) is 89.9 Å². The first-order valence-electron chi connectivity index (χ1n) is 18.0. The fourth-order valence-electron chi connectivity index (χ4n) is 5.31. The molecule has 0 aliphatic rings. The van der Waals surface area contributed by atoms with E-state index in [1.807, 2.05) is 0 Å². The van der Waals surface area contributed by atoms with Crippen LogP contribution in [-0.4, -0.2) is 23.1 Å². The van der Waals surface area contributed by atoms with Crippen LogP contribution < -0.4 is 0 Å². The minimum absolute atomic E-state index is 0.00915. The van der Waals surface area contributed by atoms with Crippen molar-refractivity contribution < 1.29 is 19.4 Å². The Morgan fingerprint density at radius 3 is 1.52 bits per heavy atom. The lowest BCUT2D eigenvalue weighted by Gasteiger charge is -2.17. The van der Waals surface area contributed by atoms with E-state index in [2.05, 4.69) is 50.3 Å². The molecule has 0 aliphatic carbocycles. The molecule has 0 spiro atoms. The Morgan fingerprint density at radius 1 is 0.548 bits per heavy atom. The van der Waals surface area contributed by atoms with Crippen molar-refractivity contribution in [3.8, 4) is 0 Å². The number of hydrogen-bond acceptors (Lipinski definition) is 3. The Labute approximate surface area is 260 Å². The highest BCUT2D eigenvalue weighted by atomic mass is 16.5. The number of carbonyl (C=O) groups excluding carboxylic acids is 1. The van der Waals surface area contributed by atoms with E-state index in [4.69, 9.17) is 9.84 Å². The molecule has 4 heteroatoms. The lowest BCUT2D eigenvalue weighted by Crippen LogP contribution is -2.18. The van der Waals surface area contributed by atoms with Gasteiger partial charge in [0.1, 0.15) is 6.10 Å². The molecule has 0 saturated heterocycles. The standard InChI is InChI=1S/C38H68O4/c1-3-5-6-7-8-9-10-11-12-16-19-22-25-28-31-35-38(41)42-36(32-4-2)33-29-26-23-20-17-14-13-15-18-21-24-27-30-34-37(39)40/h5-6,8-9,11-12,36H,3-4,7,10,13-35H2,1-2H3,(H,39,40)/b6-5-,9-8-,12-11-. The lowest BCUT2D eigenvalue weighted by molar-refractivity contribution is -0.150. The molecule has 0 aromatic carbocycles. The number of rotatable bonds is 32. The van der Waals surface area contributed by atoms with Gasteiger partial charge in [-0.2, -0.15) is 0 Å². The van der Waals surface area contributed by atoms with Crippen LogP contribution in [0.2, 0.25) is 0 Å². The summed E-state index contributed by atoms with van der Waals surface area (Å²) in [5, 5.41) is 8.65. The van der Waals surface area contributed by atoms with E-state index < -0.39 is 5.97 Å². The summed E-state index contributed by atoms with van der Waals surface area (Å²) in [6.07, 6.45) is 43.6. The Kier molecular flexibility index (Phi) is 32.2. The Hall–Kier alpha value is -1.84. The maximum absolute atomic E-state index is 12.4. The van der Waals surface area contributed by atoms with Gasteiger partial charge in [0.25, 0.3) is 0 Å². The van der Waals surface area contributed by atoms with Crippen LogP contribution in [0.15, 0.2) is 36.5 Å². The Balaban J connectivity index is 3.59. The third-order valence-corrected chi connectivity index (χ3v) is 7.86. The van der Waals surface area contributed by atoms with Crippen molar-refractivity contribution in [3.05, 3.63) is 36.5 Å². The van der Waals surface area contributed by atoms with Crippen molar-refractivity contribution in [1.29, 1.82) is 0 Å². The quantitative estimate of drug-likeness (QED) is 0.0482. The van der Waals surface area contributed by atoms with Crippen LogP contribution in [0.25, 0.3) is 0 Å². The molecule has 0 amide bonds. The monoisotopic (exact) mass is 589 g/mol. The molecule has 42 heavy (non-hydrogen) atoms. The first-order chi connectivity index (χ1) is 20.6. The number of aliphatic carboxylic acids is 1. The molecule has 244 valence electrons. The number of carboxylic acid groups (broad SMARTS) is 1. The van der Waals surface area contributed by atoms with Gasteiger partial charge in [-0.15, -0.1) is 0 Å².